The third-order valence-corrected chi connectivity index (χ3v) is 4.78. The average Bonchev–Trinajstić information content (AvgIpc) is 2.96. The van der Waals surface area contributed by atoms with Crippen molar-refractivity contribution in [3.63, 3.8) is 0 Å². The second-order valence-electron chi connectivity index (χ2n) is 4.76. The van der Waals surface area contributed by atoms with Crippen molar-refractivity contribution >= 4 is 27.5 Å². The van der Waals surface area contributed by atoms with Gasteiger partial charge >= 0.3 is 0 Å². The van der Waals surface area contributed by atoms with E-state index in [0.29, 0.717) is 16.9 Å². The molecule has 1 aliphatic carbocycles. The van der Waals surface area contributed by atoms with E-state index in [-0.39, 0.29) is 0 Å². The molecule has 2 heterocycles. The van der Waals surface area contributed by atoms with Crippen LogP contribution in [-0.4, -0.2) is 15.0 Å². The minimum atomic E-state index is 0.482. The monoisotopic (exact) mass is 337 g/mol. The van der Waals surface area contributed by atoms with Gasteiger partial charge in [0.15, 0.2) is 5.82 Å². The van der Waals surface area contributed by atoms with Crippen LogP contribution >= 0.6 is 27.5 Å². The SMILES string of the molecule is Clc1nc(-c2cccnc2)nc(C2CCCC2)c1Br. The van der Waals surface area contributed by atoms with Crippen LogP contribution < -0.4 is 0 Å². The molecule has 0 atom stereocenters. The number of pyridine rings is 1. The summed E-state index contributed by atoms with van der Waals surface area (Å²) >= 11 is 9.75. The average molecular weight is 339 g/mol. The third kappa shape index (κ3) is 2.65. The molecule has 0 radical (unpaired) electrons. The van der Waals surface area contributed by atoms with Crippen molar-refractivity contribution in [2.45, 2.75) is 31.6 Å². The van der Waals surface area contributed by atoms with Gasteiger partial charge in [0.1, 0.15) is 5.15 Å². The molecule has 98 valence electrons. The first-order valence-corrected chi connectivity index (χ1v) is 7.56. The highest BCUT2D eigenvalue weighted by Gasteiger charge is 2.23. The molecule has 0 unspecified atom stereocenters. The van der Waals surface area contributed by atoms with E-state index in [1.54, 1.807) is 12.4 Å². The van der Waals surface area contributed by atoms with Crippen molar-refractivity contribution in [2.24, 2.45) is 0 Å². The zero-order valence-corrected chi connectivity index (χ0v) is 12.7. The second-order valence-corrected chi connectivity index (χ2v) is 5.91. The molecule has 0 N–H and O–H groups in total. The molecule has 0 bridgehead atoms. The lowest BCUT2D eigenvalue weighted by Gasteiger charge is -2.13. The predicted octanol–water partition coefficient (Wildman–Crippen LogP) is 4.61. The van der Waals surface area contributed by atoms with E-state index in [4.69, 9.17) is 16.6 Å². The topological polar surface area (TPSA) is 38.7 Å². The van der Waals surface area contributed by atoms with E-state index in [0.717, 1.165) is 15.7 Å². The Morgan fingerprint density at radius 1 is 1.21 bits per heavy atom. The molecule has 0 spiro atoms. The lowest BCUT2D eigenvalue weighted by Crippen LogP contribution is -2.02. The zero-order valence-electron chi connectivity index (χ0n) is 10.3. The van der Waals surface area contributed by atoms with Crippen molar-refractivity contribution < 1.29 is 0 Å². The number of hydrogen-bond acceptors (Lipinski definition) is 3. The van der Waals surface area contributed by atoms with Crippen molar-refractivity contribution in [3.8, 4) is 11.4 Å². The van der Waals surface area contributed by atoms with E-state index in [1.165, 1.54) is 25.7 Å². The van der Waals surface area contributed by atoms with Gasteiger partial charge < -0.3 is 0 Å². The van der Waals surface area contributed by atoms with E-state index < -0.39 is 0 Å². The Morgan fingerprint density at radius 3 is 2.68 bits per heavy atom. The maximum atomic E-state index is 6.23. The summed E-state index contributed by atoms with van der Waals surface area (Å²) in [6, 6.07) is 3.83. The third-order valence-electron chi connectivity index (χ3n) is 3.50. The highest BCUT2D eigenvalue weighted by molar-refractivity contribution is 9.10. The largest absolute Gasteiger partial charge is 0.264 e. The Labute approximate surface area is 125 Å². The van der Waals surface area contributed by atoms with Crippen LogP contribution in [0.2, 0.25) is 5.15 Å². The van der Waals surface area contributed by atoms with Crippen molar-refractivity contribution in [2.75, 3.05) is 0 Å². The molecule has 3 nitrogen and oxygen atoms in total. The van der Waals surface area contributed by atoms with Crippen LogP contribution in [0.15, 0.2) is 29.0 Å². The zero-order chi connectivity index (χ0) is 13.2. The highest BCUT2D eigenvalue weighted by atomic mass is 79.9. The first-order valence-electron chi connectivity index (χ1n) is 6.39. The van der Waals surface area contributed by atoms with Crippen LogP contribution in [0, 0.1) is 0 Å². The fourth-order valence-electron chi connectivity index (χ4n) is 2.53. The molecule has 2 aromatic rings. The summed E-state index contributed by atoms with van der Waals surface area (Å²) in [6.45, 7) is 0. The molecule has 19 heavy (non-hydrogen) atoms. The summed E-state index contributed by atoms with van der Waals surface area (Å²) < 4.78 is 0.841. The highest BCUT2D eigenvalue weighted by Crippen LogP contribution is 2.39. The molecule has 0 saturated heterocycles. The first-order chi connectivity index (χ1) is 9.25. The minimum Gasteiger partial charge on any atom is -0.264 e. The van der Waals surface area contributed by atoms with Gasteiger partial charge in [0.25, 0.3) is 0 Å². The van der Waals surface area contributed by atoms with Crippen molar-refractivity contribution in [1.82, 2.24) is 15.0 Å². The molecular formula is C14H13BrClN3. The summed E-state index contributed by atoms with van der Waals surface area (Å²) in [5, 5.41) is 0.482. The molecule has 1 saturated carbocycles. The molecule has 0 aliphatic heterocycles. The molecule has 1 aliphatic rings. The summed E-state index contributed by atoms with van der Waals surface area (Å²) in [5.74, 6) is 1.15. The number of hydrogen-bond donors (Lipinski definition) is 0. The van der Waals surface area contributed by atoms with Gasteiger partial charge in [-0.15, -0.1) is 0 Å². The first kappa shape index (κ1) is 13.0. The van der Waals surface area contributed by atoms with Crippen molar-refractivity contribution in [3.05, 3.63) is 39.8 Å². The van der Waals surface area contributed by atoms with Gasteiger partial charge in [-0.2, -0.15) is 0 Å². The van der Waals surface area contributed by atoms with Crippen LogP contribution in [-0.2, 0) is 0 Å². The van der Waals surface area contributed by atoms with Gasteiger partial charge in [0.2, 0.25) is 0 Å². The van der Waals surface area contributed by atoms with Gasteiger partial charge in [-0.1, -0.05) is 24.4 Å². The number of halogens is 2. The van der Waals surface area contributed by atoms with Crippen LogP contribution in [0.25, 0.3) is 11.4 Å². The number of rotatable bonds is 2. The Balaban J connectivity index is 2.07. The molecule has 2 aromatic heterocycles. The maximum Gasteiger partial charge on any atom is 0.162 e. The second kappa shape index (κ2) is 5.55. The number of aromatic nitrogens is 3. The molecular weight excluding hydrogens is 326 g/mol. The van der Waals surface area contributed by atoms with Gasteiger partial charge in [0.05, 0.1) is 10.2 Å². The Bertz CT molecular complexity index is 583. The van der Waals surface area contributed by atoms with E-state index in [1.807, 2.05) is 12.1 Å². The molecule has 3 rings (SSSR count). The molecule has 0 amide bonds. The fourth-order valence-corrected chi connectivity index (χ4v) is 3.21. The quantitative estimate of drug-likeness (QED) is 0.750. The van der Waals surface area contributed by atoms with Crippen LogP contribution in [0.4, 0.5) is 0 Å². The van der Waals surface area contributed by atoms with Gasteiger partial charge in [-0.05, 0) is 40.9 Å². The van der Waals surface area contributed by atoms with E-state index in [9.17, 15) is 0 Å². The van der Waals surface area contributed by atoms with Gasteiger partial charge in [-0.25, -0.2) is 9.97 Å². The molecule has 1 fully saturated rings. The lowest BCUT2D eigenvalue weighted by atomic mass is 10.0. The van der Waals surface area contributed by atoms with Gasteiger partial charge in [0, 0.05) is 23.9 Å². The van der Waals surface area contributed by atoms with Crippen LogP contribution in [0.1, 0.15) is 37.3 Å². The predicted molar refractivity (Wildman–Crippen MR) is 79.2 cm³/mol. The molecule has 0 aromatic carbocycles. The smallest absolute Gasteiger partial charge is 0.162 e. The van der Waals surface area contributed by atoms with Gasteiger partial charge in [-0.3, -0.25) is 4.98 Å². The Kier molecular flexibility index (Phi) is 3.80. The fraction of sp³-hybridized carbons (Fsp3) is 0.357. The maximum absolute atomic E-state index is 6.23. The number of nitrogens with zero attached hydrogens (tertiary/aromatic N) is 3. The minimum absolute atomic E-state index is 0.482. The Hall–Kier alpha value is -1.00. The standard InChI is InChI=1S/C14H13BrClN3/c15-11-12(9-4-1-2-5-9)18-14(19-13(11)16)10-6-3-7-17-8-10/h3,6-9H,1-2,4-5H2. The van der Waals surface area contributed by atoms with Crippen LogP contribution in [0.3, 0.4) is 0 Å². The lowest BCUT2D eigenvalue weighted by molar-refractivity contribution is 0.690. The van der Waals surface area contributed by atoms with Crippen LogP contribution in [0.5, 0.6) is 0 Å². The summed E-state index contributed by atoms with van der Waals surface area (Å²) in [7, 11) is 0. The summed E-state index contributed by atoms with van der Waals surface area (Å²) in [4.78, 5) is 13.2. The molecule has 5 heteroatoms. The normalized spacial score (nSPS) is 15.9. The summed E-state index contributed by atoms with van der Waals surface area (Å²) in [6.07, 6.45) is 8.39. The van der Waals surface area contributed by atoms with E-state index >= 15 is 0 Å². The van der Waals surface area contributed by atoms with E-state index in [2.05, 4.69) is 25.9 Å². The van der Waals surface area contributed by atoms with Crippen molar-refractivity contribution in [1.29, 1.82) is 0 Å². The Morgan fingerprint density at radius 2 is 2.00 bits per heavy atom. The summed E-state index contributed by atoms with van der Waals surface area (Å²) in [5.41, 5.74) is 1.94.